The van der Waals surface area contributed by atoms with Crippen LogP contribution in [0, 0.1) is 6.92 Å². The number of anilines is 1. The lowest BCUT2D eigenvalue weighted by Gasteiger charge is -2.12. The van der Waals surface area contributed by atoms with Gasteiger partial charge in [0.05, 0.1) is 16.8 Å². The van der Waals surface area contributed by atoms with Gasteiger partial charge in [-0.1, -0.05) is 35.9 Å². The molecule has 0 radical (unpaired) electrons. The smallest absolute Gasteiger partial charge is 0.262 e. The van der Waals surface area contributed by atoms with E-state index in [-0.39, 0.29) is 6.54 Å². The largest absolute Gasteiger partial charge is 0.300 e. The van der Waals surface area contributed by atoms with Crippen molar-refractivity contribution in [2.24, 2.45) is 0 Å². The van der Waals surface area contributed by atoms with E-state index in [1.165, 1.54) is 11.3 Å². The Kier molecular flexibility index (Phi) is 4.70. The molecule has 1 aromatic heterocycles. The van der Waals surface area contributed by atoms with Crippen molar-refractivity contribution in [3.63, 3.8) is 0 Å². The minimum absolute atomic E-state index is 0.314. The lowest BCUT2D eigenvalue weighted by Crippen LogP contribution is -2.37. The van der Waals surface area contributed by atoms with E-state index in [4.69, 9.17) is 11.6 Å². The number of amides is 3. The number of aromatic nitrogens is 1. The highest BCUT2D eigenvalue weighted by molar-refractivity contribution is 7.16. The fraction of sp³-hybridized carbons (Fsp3) is 0.100. The van der Waals surface area contributed by atoms with Crippen molar-refractivity contribution in [3.05, 3.63) is 69.6 Å². The molecule has 28 heavy (non-hydrogen) atoms. The lowest BCUT2D eigenvalue weighted by molar-refractivity contribution is -0.116. The van der Waals surface area contributed by atoms with Gasteiger partial charge in [0.15, 0.2) is 5.13 Å². The van der Waals surface area contributed by atoms with Crippen LogP contribution in [0.2, 0.25) is 5.02 Å². The summed E-state index contributed by atoms with van der Waals surface area (Å²) in [6, 6.07) is 13.8. The highest BCUT2D eigenvalue weighted by atomic mass is 35.5. The number of hydrogen-bond acceptors (Lipinski definition) is 5. The number of aryl methyl sites for hydroxylation is 1. The van der Waals surface area contributed by atoms with Crippen molar-refractivity contribution in [2.45, 2.75) is 6.92 Å². The molecule has 0 bridgehead atoms. The molecular formula is C20H14ClN3O3S. The van der Waals surface area contributed by atoms with E-state index in [9.17, 15) is 14.4 Å². The predicted octanol–water partition coefficient (Wildman–Crippen LogP) is 4.01. The van der Waals surface area contributed by atoms with Crippen molar-refractivity contribution in [2.75, 3.05) is 11.9 Å². The third-order valence-corrected chi connectivity index (χ3v) is 5.44. The molecule has 1 N–H and O–H groups in total. The number of carbonyl (C=O) groups is 3. The molecule has 3 amide bonds. The minimum Gasteiger partial charge on any atom is -0.300 e. The van der Waals surface area contributed by atoms with Crippen LogP contribution in [0.4, 0.5) is 5.13 Å². The number of nitrogens with one attached hydrogen (secondary N) is 1. The van der Waals surface area contributed by atoms with E-state index in [0.717, 1.165) is 21.0 Å². The van der Waals surface area contributed by atoms with E-state index < -0.39 is 17.7 Å². The van der Waals surface area contributed by atoms with E-state index in [0.29, 0.717) is 21.3 Å². The van der Waals surface area contributed by atoms with Gasteiger partial charge in [0.1, 0.15) is 6.54 Å². The van der Waals surface area contributed by atoms with Gasteiger partial charge in [0.25, 0.3) is 11.8 Å². The van der Waals surface area contributed by atoms with Crippen LogP contribution < -0.4 is 5.32 Å². The topological polar surface area (TPSA) is 79.4 Å². The van der Waals surface area contributed by atoms with Gasteiger partial charge in [-0.15, -0.1) is 11.3 Å². The molecule has 0 unspecified atom stereocenters. The summed E-state index contributed by atoms with van der Waals surface area (Å²) in [4.78, 5) is 43.5. The highest BCUT2D eigenvalue weighted by Gasteiger charge is 2.36. The zero-order valence-corrected chi connectivity index (χ0v) is 16.3. The minimum atomic E-state index is -0.485. The van der Waals surface area contributed by atoms with Crippen molar-refractivity contribution in [1.82, 2.24) is 9.88 Å². The highest BCUT2D eigenvalue weighted by Crippen LogP contribution is 2.31. The Bertz CT molecular complexity index is 1090. The first-order chi connectivity index (χ1) is 13.4. The first kappa shape index (κ1) is 18.3. The molecule has 0 saturated carbocycles. The Morgan fingerprint density at radius 3 is 2.43 bits per heavy atom. The van der Waals surface area contributed by atoms with Crippen LogP contribution in [0.5, 0.6) is 0 Å². The van der Waals surface area contributed by atoms with Crippen LogP contribution in [0.15, 0.2) is 48.5 Å². The van der Waals surface area contributed by atoms with Crippen LogP contribution in [0.3, 0.4) is 0 Å². The van der Waals surface area contributed by atoms with Crippen LogP contribution in [0.25, 0.3) is 11.3 Å². The molecular weight excluding hydrogens is 398 g/mol. The third-order valence-electron chi connectivity index (χ3n) is 4.32. The molecule has 0 fully saturated rings. The van der Waals surface area contributed by atoms with Gasteiger partial charge in [0.2, 0.25) is 5.91 Å². The van der Waals surface area contributed by atoms with Crippen LogP contribution in [0.1, 0.15) is 25.6 Å². The number of halogens is 1. The van der Waals surface area contributed by atoms with E-state index in [1.807, 2.05) is 19.1 Å². The van der Waals surface area contributed by atoms with Gasteiger partial charge in [-0.05, 0) is 31.2 Å². The molecule has 2 aromatic carbocycles. The number of benzene rings is 2. The summed E-state index contributed by atoms with van der Waals surface area (Å²) in [6.45, 7) is 1.53. The fourth-order valence-electron chi connectivity index (χ4n) is 3.04. The summed E-state index contributed by atoms with van der Waals surface area (Å²) in [7, 11) is 0. The zero-order chi connectivity index (χ0) is 19.8. The van der Waals surface area contributed by atoms with Crippen LogP contribution >= 0.6 is 22.9 Å². The molecule has 0 atom stereocenters. The fourth-order valence-corrected chi connectivity index (χ4v) is 4.08. The van der Waals surface area contributed by atoms with Gasteiger partial charge in [-0.2, -0.15) is 0 Å². The molecule has 8 heteroatoms. The normalized spacial score (nSPS) is 13.0. The Balaban J connectivity index is 1.49. The van der Waals surface area contributed by atoms with Gasteiger partial charge in [-0.25, -0.2) is 4.98 Å². The second-order valence-electron chi connectivity index (χ2n) is 6.22. The lowest BCUT2D eigenvalue weighted by atomic mass is 10.1. The maximum atomic E-state index is 12.4. The Morgan fingerprint density at radius 2 is 1.79 bits per heavy atom. The van der Waals surface area contributed by atoms with Crippen molar-refractivity contribution >= 4 is 45.8 Å². The maximum absolute atomic E-state index is 12.4. The van der Waals surface area contributed by atoms with Crippen molar-refractivity contribution < 1.29 is 14.4 Å². The van der Waals surface area contributed by atoms with Crippen molar-refractivity contribution in [1.29, 1.82) is 0 Å². The Labute approximate surface area is 169 Å². The van der Waals surface area contributed by atoms with Crippen LogP contribution in [-0.2, 0) is 4.79 Å². The van der Waals surface area contributed by atoms with E-state index in [1.54, 1.807) is 36.4 Å². The number of rotatable bonds is 4. The summed E-state index contributed by atoms with van der Waals surface area (Å²) in [5, 5.41) is 3.67. The molecule has 0 saturated heterocycles. The summed E-state index contributed by atoms with van der Waals surface area (Å²) in [5.74, 6) is -1.42. The van der Waals surface area contributed by atoms with Gasteiger partial charge >= 0.3 is 0 Å². The van der Waals surface area contributed by atoms with E-state index in [2.05, 4.69) is 10.3 Å². The first-order valence-electron chi connectivity index (χ1n) is 8.42. The SMILES string of the molecule is Cc1sc(NC(=O)CN2C(=O)c3ccccc3C2=O)nc1-c1cccc(Cl)c1. The molecule has 3 aromatic rings. The van der Waals surface area contributed by atoms with Gasteiger partial charge < -0.3 is 5.32 Å². The number of carbonyl (C=O) groups excluding carboxylic acids is 3. The number of nitrogens with zero attached hydrogens (tertiary/aromatic N) is 2. The predicted molar refractivity (Wildman–Crippen MR) is 108 cm³/mol. The van der Waals surface area contributed by atoms with Crippen molar-refractivity contribution in [3.8, 4) is 11.3 Å². The second kappa shape index (κ2) is 7.18. The first-order valence-corrected chi connectivity index (χ1v) is 9.62. The maximum Gasteiger partial charge on any atom is 0.262 e. The summed E-state index contributed by atoms with van der Waals surface area (Å²) >= 11 is 7.35. The Morgan fingerprint density at radius 1 is 1.11 bits per heavy atom. The molecule has 4 rings (SSSR count). The number of fused-ring (bicyclic) bond motifs is 1. The second-order valence-corrected chi connectivity index (χ2v) is 7.86. The monoisotopic (exact) mass is 411 g/mol. The summed E-state index contributed by atoms with van der Waals surface area (Å²) < 4.78 is 0. The molecule has 1 aliphatic heterocycles. The Hall–Kier alpha value is -3.03. The van der Waals surface area contributed by atoms with E-state index >= 15 is 0 Å². The molecule has 6 nitrogen and oxygen atoms in total. The molecule has 0 aliphatic carbocycles. The average Bonchev–Trinajstić information content (AvgIpc) is 3.15. The molecule has 0 spiro atoms. The zero-order valence-electron chi connectivity index (χ0n) is 14.7. The number of imide groups is 1. The number of hydrogen-bond donors (Lipinski definition) is 1. The summed E-state index contributed by atoms with van der Waals surface area (Å²) in [6.07, 6.45) is 0. The van der Waals surface area contributed by atoms with Crippen LogP contribution in [-0.4, -0.2) is 34.2 Å². The molecule has 140 valence electrons. The standard InChI is InChI=1S/C20H14ClN3O3S/c1-11-17(12-5-4-6-13(21)9-12)23-20(28-11)22-16(25)10-24-18(26)14-7-2-3-8-15(14)19(24)27/h2-9H,10H2,1H3,(H,22,23,25). The average molecular weight is 412 g/mol. The molecule has 2 heterocycles. The molecule has 1 aliphatic rings. The van der Waals surface area contributed by atoms with Gasteiger partial charge in [-0.3, -0.25) is 19.3 Å². The number of thiazole rings is 1. The third kappa shape index (κ3) is 3.30. The quantitative estimate of drug-likeness (QED) is 0.658. The van der Waals surface area contributed by atoms with Gasteiger partial charge in [0, 0.05) is 15.5 Å². The summed E-state index contributed by atoms with van der Waals surface area (Å²) in [5.41, 5.74) is 2.20.